The van der Waals surface area contributed by atoms with E-state index in [-0.39, 0.29) is 0 Å². The molecule has 0 saturated heterocycles. The zero-order valence-electron chi connectivity index (χ0n) is 8.79. The van der Waals surface area contributed by atoms with Crippen LogP contribution in [0.1, 0.15) is 45.6 Å². The maximum Gasteiger partial charge on any atom is 0.195 e. The number of nitrogens with zero attached hydrogens (tertiary/aromatic N) is 2. The smallest absolute Gasteiger partial charge is 0.195 e. The van der Waals surface area contributed by atoms with Crippen molar-refractivity contribution in [1.29, 1.82) is 0 Å². The third-order valence-corrected chi connectivity index (χ3v) is 3.58. The third-order valence-electron chi connectivity index (χ3n) is 3.28. The highest BCUT2D eigenvalue weighted by molar-refractivity contribution is 7.71. The minimum atomic E-state index is 0.516. The highest BCUT2D eigenvalue weighted by Crippen LogP contribution is 2.39. The molecule has 0 radical (unpaired) electrons. The van der Waals surface area contributed by atoms with Gasteiger partial charge in [0.25, 0.3) is 0 Å². The Morgan fingerprint density at radius 1 is 1.50 bits per heavy atom. The van der Waals surface area contributed by atoms with Crippen LogP contribution in [0.3, 0.4) is 0 Å². The fraction of sp³-hybridized carbons (Fsp3) is 0.800. The number of aromatic nitrogens is 3. The molecular weight excluding hydrogens is 194 g/mol. The molecule has 2 rings (SSSR count). The van der Waals surface area contributed by atoms with Crippen molar-refractivity contribution in [3.63, 3.8) is 0 Å². The molecule has 3 nitrogen and oxygen atoms in total. The second kappa shape index (κ2) is 3.50. The van der Waals surface area contributed by atoms with E-state index in [1.54, 1.807) is 0 Å². The van der Waals surface area contributed by atoms with E-state index in [1.807, 2.05) is 6.33 Å². The molecule has 0 atom stereocenters. The fourth-order valence-corrected chi connectivity index (χ4v) is 2.43. The number of aromatic amines is 1. The summed E-state index contributed by atoms with van der Waals surface area (Å²) in [4.78, 5) is 0. The second-order valence-corrected chi connectivity index (χ2v) is 5.35. The molecule has 1 aromatic rings. The van der Waals surface area contributed by atoms with Gasteiger partial charge in [0, 0.05) is 6.04 Å². The van der Waals surface area contributed by atoms with Crippen LogP contribution in [-0.4, -0.2) is 14.8 Å². The summed E-state index contributed by atoms with van der Waals surface area (Å²) in [6.07, 6.45) is 6.84. The Morgan fingerprint density at radius 2 is 2.14 bits per heavy atom. The lowest BCUT2D eigenvalue weighted by Gasteiger charge is -2.34. The predicted molar refractivity (Wildman–Crippen MR) is 58.7 cm³/mol. The van der Waals surface area contributed by atoms with Gasteiger partial charge in [0.05, 0.1) is 0 Å². The summed E-state index contributed by atoms with van der Waals surface area (Å²) in [7, 11) is 0. The van der Waals surface area contributed by atoms with Gasteiger partial charge < -0.3 is 4.57 Å². The summed E-state index contributed by atoms with van der Waals surface area (Å²) in [5.41, 5.74) is 0.516. The van der Waals surface area contributed by atoms with Crippen LogP contribution in [0.15, 0.2) is 6.33 Å². The molecule has 1 aromatic heterocycles. The molecule has 0 amide bonds. The number of hydrogen-bond donors (Lipinski definition) is 1. The average Bonchev–Trinajstić information content (AvgIpc) is 2.52. The monoisotopic (exact) mass is 211 g/mol. The van der Waals surface area contributed by atoms with E-state index >= 15 is 0 Å². The van der Waals surface area contributed by atoms with Crippen molar-refractivity contribution < 1.29 is 0 Å². The molecule has 14 heavy (non-hydrogen) atoms. The van der Waals surface area contributed by atoms with Crippen molar-refractivity contribution in [1.82, 2.24) is 14.8 Å². The van der Waals surface area contributed by atoms with Crippen molar-refractivity contribution in [2.75, 3.05) is 0 Å². The Labute approximate surface area is 89.5 Å². The molecular formula is C10H17N3S. The highest BCUT2D eigenvalue weighted by Gasteiger charge is 2.27. The van der Waals surface area contributed by atoms with Gasteiger partial charge in [0.15, 0.2) is 4.77 Å². The van der Waals surface area contributed by atoms with Crippen molar-refractivity contribution >= 4 is 12.2 Å². The van der Waals surface area contributed by atoms with Gasteiger partial charge in [-0.15, -0.1) is 0 Å². The molecule has 0 bridgehead atoms. The Kier molecular flexibility index (Phi) is 2.47. The van der Waals surface area contributed by atoms with Gasteiger partial charge in [-0.25, -0.2) is 0 Å². The van der Waals surface area contributed by atoms with Gasteiger partial charge in [0.1, 0.15) is 6.33 Å². The molecule has 1 N–H and O–H groups in total. The largest absolute Gasteiger partial charge is 0.304 e. The summed E-state index contributed by atoms with van der Waals surface area (Å²) in [5.74, 6) is 0. The minimum absolute atomic E-state index is 0.516. The summed E-state index contributed by atoms with van der Waals surface area (Å²) in [6, 6.07) is 0.564. The Bertz CT molecular complexity index is 353. The first kappa shape index (κ1) is 9.90. The number of H-pyrrole nitrogens is 1. The van der Waals surface area contributed by atoms with Crippen molar-refractivity contribution in [2.45, 2.75) is 45.6 Å². The van der Waals surface area contributed by atoms with E-state index < -0.39 is 0 Å². The predicted octanol–water partition coefficient (Wildman–Crippen LogP) is 3.08. The van der Waals surface area contributed by atoms with E-state index in [0.717, 1.165) is 4.77 Å². The molecule has 0 unspecified atom stereocenters. The van der Waals surface area contributed by atoms with Crippen LogP contribution in [0.5, 0.6) is 0 Å². The Hall–Kier alpha value is -0.640. The lowest BCUT2D eigenvalue weighted by Crippen LogP contribution is -2.23. The topological polar surface area (TPSA) is 33.6 Å². The molecule has 1 saturated carbocycles. The van der Waals surface area contributed by atoms with Gasteiger partial charge in [0.2, 0.25) is 0 Å². The van der Waals surface area contributed by atoms with E-state index in [9.17, 15) is 0 Å². The summed E-state index contributed by atoms with van der Waals surface area (Å²) in [6.45, 7) is 4.69. The van der Waals surface area contributed by atoms with Crippen LogP contribution >= 0.6 is 12.2 Å². The molecule has 0 aliphatic heterocycles. The van der Waals surface area contributed by atoms with Gasteiger partial charge in [-0.1, -0.05) is 13.8 Å². The zero-order chi connectivity index (χ0) is 10.2. The number of nitrogens with one attached hydrogen (secondary N) is 1. The third kappa shape index (κ3) is 1.90. The Morgan fingerprint density at radius 3 is 2.64 bits per heavy atom. The molecule has 1 fully saturated rings. The first-order chi connectivity index (χ1) is 6.58. The molecule has 0 spiro atoms. The lowest BCUT2D eigenvalue weighted by atomic mass is 9.75. The van der Waals surface area contributed by atoms with E-state index in [4.69, 9.17) is 12.2 Å². The normalized spacial score (nSPS) is 22.4. The average molecular weight is 211 g/mol. The van der Waals surface area contributed by atoms with Crippen molar-refractivity contribution in [3.8, 4) is 0 Å². The van der Waals surface area contributed by atoms with Crippen LogP contribution in [-0.2, 0) is 0 Å². The van der Waals surface area contributed by atoms with Crippen LogP contribution in [0, 0.1) is 10.2 Å². The summed E-state index contributed by atoms with van der Waals surface area (Å²) >= 11 is 5.17. The van der Waals surface area contributed by atoms with Crippen molar-refractivity contribution in [2.24, 2.45) is 5.41 Å². The SMILES string of the molecule is CC1(C)CCC(n2cn[nH]c2=S)CC1. The molecule has 0 aromatic carbocycles. The lowest BCUT2D eigenvalue weighted by molar-refractivity contribution is 0.192. The number of hydrogen-bond acceptors (Lipinski definition) is 2. The molecule has 78 valence electrons. The first-order valence-electron chi connectivity index (χ1n) is 5.20. The maximum atomic E-state index is 5.17. The maximum absolute atomic E-state index is 5.17. The van der Waals surface area contributed by atoms with Crippen molar-refractivity contribution in [3.05, 3.63) is 11.1 Å². The minimum Gasteiger partial charge on any atom is -0.304 e. The number of rotatable bonds is 1. The quantitative estimate of drug-likeness (QED) is 0.724. The van der Waals surface area contributed by atoms with Crippen LogP contribution in [0.2, 0.25) is 0 Å². The van der Waals surface area contributed by atoms with Crippen LogP contribution < -0.4 is 0 Å². The van der Waals surface area contributed by atoms with E-state index in [0.29, 0.717) is 11.5 Å². The van der Waals surface area contributed by atoms with Crippen LogP contribution in [0.4, 0.5) is 0 Å². The molecule has 1 aliphatic rings. The highest BCUT2D eigenvalue weighted by atomic mass is 32.1. The van der Waals surface area contributed by atoms with E-state index in [2.05, 4.69) is 28.6 Å². The van der Waals surface area contributed by atoms with E-state index in [1.165, 1.54) is 25.7 Å². The van der Waals surface area contributed by atoms with Gasteiger partial charge >= 0.3 is 0 Å². The zero-order valence-corrected chi connectivity index (χ0v) is 9.60. The summed E-state index contributed by atoms with van der Waals surface area (Å²) < 4.78 is 2.86. The Balaban J connectivity index is 2.10. The standard InChI is InChI=1S/C10H17N3S/c1-10(2)5-3-8(4-6-10)13-7-11-12-9(13)14/h7-8H,3-6H2,1-2H3,(H,12,14). The fourth-order valence-electron chi connectivity index (χ4n) is 2.18. The van der Waals surface area contributed by atoms with Crippen LogP contribution in [0.25, 0.3) is 0 Å². The second-order valence-electron chi connectivity index (χ2n) is 4.96. The summed E-state index contributed by atoms with van der Waals surface area (Å²) in [5, 5.41) is 6.78. The van der Waals surface area contributed by atoms with Gasteiger partial charge in [-0.3, -0.25) is 5.10 Å². The van der Waals surface area contributed by atoms with Gasteiger partial charge in [-0.05, 0) is 43.3 Å². The van der Waals surface area contributed by atoms with Gasteiger partial charge in [-0.2, -0.15) is 5.10 Å². The molecule has 1 heterocycles. The molecule has 1 aliphatic carbocycles. The first-order valence-corrected chi connectivity index (χ1v) is 5.61. The molecule has 4 heteroatoms.